The maximum atomic E-state index is 12.8. The Kier molecular flexibility index (Phi) is 5.61. The molecule has 3 heterocycles. The maximum absolute atomic E-state index is 12.8. The average Bonchev–Trinajstić information content (AvgIpc) is 3.30. The van der Waals surface area contributed by atoms with Gasteiger partial charge in [0.15, 0.2) is 5.65 Å². The van der Waals surface area contributed by atoms with E-state index >= 15 is 0 Å². The number of amides is 3. The van der Waals surface area contributed by atoms with Crippen molar-refractivity contribution < 1.29 is 14.4 Å². The van der Waals surface area contributed by atoms with Crippen molar-refractivity contribution in [2.45, 2.75) is 32.9 Å². The largest absolute Gasteiger partial charge is 0.353 e. The van der Waals surface area contributed by atoms with E-state index in [2.05, 4.69) is 15.4 Å². The van der Waals surface area contributed by atoms with Crippen LogP contribution >= 0.6 is 0 Å². The number of carbonyl (C=O) groups excluding carboxylic acids is 3. The maximum Gasteiger partial charge on any atom is 0.264 e. The predicted octanol–water partition coefficient (Wildman–Crippen LogP) is 0.215. The number of aromatic nitrogens is 4. The molecular formula is C21H22N6O4. The highest BCUT2D eigenvalue weighted by Crippen LogP contribution is 2.11. The Labute approximate surface area is 177 Å². The summed E-state index contributed by atoms with van der Waals surface area (Å²) in [5.74, 6) is -1.08. The molecule has 160 valence electrons. The lowest BCUT2D eigenvalue weighted by Crippen LogP contribution is -2.40. The molecule has 1 aromatic carbocycles. The standard InChI is InChI=1S/C21H22N6O4/c1-14-2-4-15(5-3-14)11-25-13-23-20-16(21(25)31)10-24-27(20)9-8-22-17(28)12-26-18(29)6-7-19(26)30/h2-5,10,13H,6-9,11-12H2,1H3,(H,22,28). The minimum atomic E-state index is -0.423. The van der Waals surface area contributed by atoms with Crippen LogP contribution in [0, 0.1) is 6.92 Å². The minimum absolute atomic E-state index is 0.151. The van der Waals surface area contributed by atoms with Gasteiger partial charge < -0.3 is 5.32 Å². The summed E-state index contributed by atoms with van der Waals surface area (Å²) in [6.07, 6.45) is 3.27. The first-order chi connectivity index (χ1) is 14.9. The third kappa shape index (κ3) is 4.37. The summed E-state index contributed by atoms with van der Waals surface area (Å²) in [4.78, 5) is 53.3. The van der Waals surface area contributed by atoms with Crippen LogP contribution in [0.2, 0.25) is 0 Å². The molecule has 10 nitrogen and oxygen atoms in total. The number of imide groups is 1. The molecule has 0 unspecified atom stereocenters. The van der Waals surface area contributed by atoms with Gasteiger partial charge in [-0.05, 0) is 12.5 Å². The fraction of sp³-hybridized carbons (Fsp3) is 0.333. The summed E-state index contributed by atoms with van der Waals surface area (Å²) in [6.45, 7) is 2.66. The van der Waals surface area contributed by atoms with Gasteiger partial charge in [-0.3, -0.25) is 28.6 Å². The third-order valence-electron chi connectivity index (χ3n) is 5.20. The molecule has 3 aromatic rings. The van der Waals surface area contributed by atoms with Gasteiger partial charge in [-0.15, -0.1) is 0 Å². The van der Waals surface area contributed by atoms with Crippen LogP contribution in [0.4, 0.5) is 0 Å². The van der Waals surface area contributed by atoms with E-state index in [1.807, 2.05) is 31.2 Å². The molecule has 1 saturated heterocycles. The lowest BCUT2D eigenvalue weighted by atomic mass is 10.1. The molecule has 1 fully saturated rings. The summed E-state index contributed by atoms with van der Waals surface area (Å²) in [5, 5.41) is 7.27. The summed E-state index contributed by atoms with van der Waals surface area (Å²) in [5.41, 5.74) is 2.40. The molecule has 31 heavy (non-hydrogen) atoms. The second-order valence-electron chi connectivity index (χ2n) is 7.49. The zero-order valence-electron chi connectivity index (χ0n) is 17.1. The molecule has 0 spiro atoms. The van der Waals surface area contributed by atoms with Crippen LogP contribution in [0.15, 0.2) is 41.6 Å². The quantitative estimate of drug-likeness (QED) is 0.544. The monoisotopic (exact) mass is 422 g/mol. The van der Waals surface area contributed by atoms with Crippen molar-refractivity contribution >= 4 is 28.8 Å². The van der Waals surface area contributed by atoms with Gasteiger partial charge in [-0.2, -0.15) is 5.10 Å². The Morgan fingerprint density at radius 1 is 1.10 bits per heavy atom. The fourth-order valence-corrected chi connectivity index (χ4v) is 3.46. The van der Waals surface area contributed by atoms with Gasteiger partial charge in [-0.1, -0.05) is 29.8 Å². The van der Waals surface area contributed by atoms with E-state index in [1.165, 1.54) is 17.1 Å². The van der Waals surface area contributed by atoms with Crippen LogP contribution < -0.4 is 10.9 Å². The molecular weight excluding hydrogens is 400 g/mol. The lowest BCUT2D eigenvalue weighted by Gasteiger charge is -2.13. The van der Waals surface area contributed by atoms with Crippen molar-refractivity contribution in [3.63, 3.8) is 0 Å². The highest BCUT2D eigenvalue weighted by atomic mass is 16.2. The summed E-state index contributed by atoms with van der Waals surface area (Å²) >= 11 is 0. The highest BCUT2D eigenvalue weighted by molar-refractivity contribution is 6.04. The molecule has 4 rings (SSSR count). The first kappa shape index (κ1) is 20.5. The van der Waals surface area contributed by atoms with Gasteiger partial charge in [0.05, 0.1) is 19.3 Å². The van der Waals surface area contributed by atoms with E-state index in [-0.39, 0.29) is 43.3 Å². The van der Waals surface area contributed by atoms with Crippen molar-refractivity contribution in [1.29, 1.82) is 0 Å². The second-order valence-corrected chi connectivity index (χ2v) is 7.49. The van der Waals surface area contributed by atoms with Crippen molar-refractivity contribution in [2.75, 3.05) is 13.1 Å². The third-order valence-corrected chi connectivity index (χ3v) is 5.20. The van der Waals surface area contributed by atoms with Gasteiger partial charge in [0, 0.05) is 19.4 Å². The zero-order chi connectivity index (χ0) is 22.0. The van der Waals surface area contributed by atoms with Crippen LogP contribution in [-0.2, 0) is 27.5 Å². The second kappa shape index (κ2) is 8.50. The van der Waals surface area contributed by atoms with Gasteiger partial charge in [-0.25, -0.2) is 9.67 Å². The molecule has 2 aromatic heterocycles. The number of rotatable bonds is 7. The molecule has 1 aliphatic rings. The van der Waals surface area contributed by atoms with Gasteiger partial charge in [0.25, 0.3) is 5.56 Å². The molecule has 0 radical (unpaired) electrons. The number of nitrogens with one attached hydrogen (secondary N) is 1. The summed E-state index contributed by atoms with van der Waals surface area (Å²) < 4.78 is 3.07. The Morgan fingerprint density at radius 3 is 2.52 bits per heavy atom. The Balaban J connectivity index is 1.39. The number of hydrogen-bond donors (Lipinski definition) is 1. The SMILES string of the molecule is Cc1ccc(Cn2cnc3c(cnn3CCNC(=O)CN3C(=O)CCC3=O)c2=O)cc1. The van der Waals surface area contributed by atoms with Gasteiger partial charge >= 0.3 is 0 Å². The van der Waals surface area contributed by atoms with Crippen LogP contribution in [0.25, 0.3) is 11.0 Å². The van der Waals surface area contributed by atoms with Crippen molar-refractivity contribution in [3.05, 3.63) is 58.3 Å². The van der Waals surface area contributed by atoms with Crippen LogP contribution in [0.5, 0.6) is 0 Å². The Bertz CT molecular complexity index is 1190. The molecule has 1 aliphatic heterocycles. The number of hydrogen-bond acceptors (Lipinski definition) is 6. The van der Waals surface area contributed by atoms with Crippen molar-refractivity contribution in [2.24, 2.45) is 0 Å². The number of carbonyl (C=O) groups is 3. The van der Waals surface area contributed by atoms with E-state index < -0.39 is 5.91 Å². The lowest BCUT2D eigenvalue weighted by molar-refractivity contribution is -0.142. The van der Waals surface area contributed by atoms with Crippen LogP contribution in [0.3, 0.4) is 0 Å². The normalized spacial score (nSPS) is 13.9. The first-order valence-electron chi connectivity index (χ1n) is 9.99. The summed E-state index contributed by atoms with van der Waals surface area (Å²) in [6, 6.07) is 7.94. The van der Waals surface area contributed by atoms with Crippen molar-refractivity contribution in [3.8, 4) is 0 Å². The first-order valence-corrected chi connectivity index (χ1v) is 9.99. The minimum Gasteiger partial charge on any atom is -0.353 e. The number of benzene rings is 1. The summed E-state index contributed by atoms with van der Waals surface area (Å²) in [7, 11) is 0. The molecule has 3 amide bonds. The smallest absolute Gasteiger partial charge is 0.264 e. The topological polar surface area (TPSA) is 119 Å². The van der Waals surface area contributed by atoms with E-state index in [0.29, 0.717) is 24.1 Å². The Hall–Kier alpha value is -3.82. The number of fused-ring (bicyclic) bond motifs is 1. The molecule has 10 heteroatoms. The van der Waals surface area contributed by atoms with E-state index in [0.717, 1.165) is 16.0 Å². The molecule has 0 bridgehead atoms. The zero-order valence-corrected chi connectivity index (χ0v) is 17.1. The van der Waals surface area contributed by atoms with Gasteiger partial charge in [0.1, 0.15) is 18.3 Å². The molecule has 0 aliphatic carbocycles. The fourth-order valence-electron chi connectivity index (χ4n) is 3.46. The number of aryl methyl sites for hydroxylation is 1. The van der Waals surface area contributed by atoms with E-state index in [4.69, 9.17) is 0 Å². The highest BCUT2D eigenvalue weighted by Gasteiger charge is 2.30. The van der Waals surface area contributed by atoms with Crippen molar-refractivity contribution in [1.82, 2.24) is 29.5 Å². The number of nitrogens with zero attached hydrogens (tertiary/aromatic N) is 5. The van der Waals surface area contributed by atoms with Crippen LogP contribution in [0.1, 0.15) is 24.0 Å². The number of likely N-dealkylation sites (tertiary alicyclic amines) is 1. The molecule has 1 N–H and O–H groups in total. The average molecular weight is 422 g/mol. The Morgan fingerprint density at radius 2 is 1.81 bits per heavy atom. The van der Waals surface area contributed by atoms with Crippen LogP contribution in [-0.4, -0.2) is 55.0 Å². The van der Waals surface area contributed by atoms with E-state index in [9.17, 15) is 19.2 Å². The predicted molar refractivity (Wildman–Crippen MR) is 111 cm³/mol. The van der Waals surface area contributed by atoms with E-state index in [1.54, 1.807) is 4.68 Å². The molecule has 0 saturated carbocycles. The van der Waals surface area contributed by atoms with Gasteiger partial charge in [0.2, 0.25) is 17.7 Å². The molecule has 0 atom stereocenters.